The van der Waals surface area contributed by atoms with Crippen LogP contribution in [-0.2, 0) is 0 Å². The van der Waals surface area contributed by atoms with Gasteiger partial charge in [-0.25, -0.2) is 4.98 Å². The van der Waals surface area contributed by atoms with E-state index in [9.17, 15) is 0 Å². The number of hydrogen-bond acceptors (Lipinski definition) is 3. The lowest BCUT2D eigenvalue weighted by atomic mass is 9.87. The lowest BCUT2D eigenvalue weighted by Crippen LogP contribution is -2.26. The highest BCUT2D eigenvalue weighted by atomic mass is 15.1. The van der Waals surface area contributed by atoms with Crippen molar-refractivity contribution in [2.75, 3.05) is 24.3 Å². The van der Waals surface area contributed by atoms with Crippen LogP contribution >= 0.6 is 0 Å². The van der Waals surface area contributed by atoms with Crippen molar-refractivity contribution in [2.45, 2.75) is 38.6 Å². The predicted molar refractivity (Wildman–Crippen MR) is 73.6 cm³/mol. The Labute approximate surface area is 104 Å². The van der Waals surface area contributed by atoms with Crippen LogP contribution in [0.3, 0.4) is 0 Å². The van der Waals surface area contributed by atoms with E-state index in [2.05, 4.69) is 29.4 Å². The van der Waals surface area contributed by atoms with Crippen LogP contribution < -0.4 is 10.2 Å². The molecule has 0 spiro atoms. The van der Waals surface area contributed by atoms with E-state index in [1.54, 1.807) is 0 Å². The van der Waals surface area contributed by atoms with Crippen LogP contribution in [0.2, 0.25) is 0 Å². The summed E-state index contributed by atoms with van der Waals surface area (Å²) in [7, 11) is 4.02. The first-order valence-corrected chi connectivity index (χ1v) is 6.55. The third kappa shape index (κ3) is 3.35. The summed E-state index contributed by atoms with van der Waals surface area (Å²) in [5.74, 6) is 1.86. The van der Waals surface area contributed by atoms with Crippen molar-refractivity contribution < 1.29 is 0 Å². The van der Waals surface area contributed by atoms with Crippen LogP contribution in [0.5, 0.6) is 0 Å². The molecule has 2 rings (SSSR count). The molecule has 1 heterocycles. The third-order valence-electron chi connectivity index (χ3n) is 3.51. The van der Waals surface area contributed by atoms with E-state index in [1.165, 1.54) is 25.7 Å². The van der Waals surface area contributed by atoms with Crippen molar-refractivity contribution in [3.05, 3.63) is 18.3 Å². The van der Waals surface area contributed by atoms with E-state index in [-0.39, 0.29) is 0 Å². The lowest BCUT2D eigenvalue weighted by Gasteiger charge is -2.28. The number of aromatic nitrogens is 1. The maximum Gasteiger partial charge on any atom is 0.128 e. The monoisotopic (exact) mass is 233 g/mol. The Morgan fingerprint density at radius 1 is 1.29 bits per heavy atom. The molecule has 2 atom stereocenters. The van der Waals surface area contributed by atoms with Gasteiger partial charge in [-0.3, -0.25) is 0 Å². The average Bonchev–Trinajstić information content (AvgIpc) is 2.29. The minimum atomic E-state index is 0.630. The van der Waals surface area contributed by atoms with Gasteiger partial charge in [0.25, 0.3) is 0 Å². The molecule has 0 aromatic carbocycles. The molecular formula is C14H23N3. The average molecular weight is 233 g/mol. The van der Waals surface area contributed by atoms with E-state index in [0.29, 0.717) is 6.04 Å². The maximum absolute atomic E-state index is 4.43. The van der Waals surface area contributed by atoms with Gasteiger partial charge >= 0.3 is 0 Å². The number of anilines is 2. The van der Waals surface area contributed by atoms with Crippen molar-refractivity contribution >= 4 is 11.5 Å². The summed E-state index contributed by atoms with van der Waals surface area (Å²) in [5.41, 5.74) is 1.15. The first-order chi connectivity index (χ1) is 8.15. The van der Waals surface area contributed by atoms with Crippen molar-refractivity contribution in [3.63, 3.8) is 0 Å². The Balaban J connectivity index is 1.94. The second-order valence-electron chi connectivity index (χ2n) is 5.41. The SMILES string of the molecule is CC1CCCC(Nc2ccc(N(C)C)nc2)C1. The third-order valence-corrected chi connectivity index (χ3v) is 3.51. The minimum Gasteiger partial charge on any atom is -0.381 e. The summed E-state index contributed by atoms with van der Waals surface area (Å²) in [4.78, 5) is 6.45. The predicted octanol–water partition coefficient (Wildman–Crippen LogP) is 3.14. The molecule has 3 nitrogen and oxygen atoms in total. The van der Waals surface area contributed by atoms with Gasteiger partial charge in [0.15, 0.2) is 0 Å². The largest absolute Gasteiger partial charge is 0.381 e. The van der Waals surface area contributed by atoms with Gasteiger partial charge in [-0.2, -0.15) is 0 Å². The second kappa shape index (κ2) is 5.39. The number of hydrogen-bond donors (Lipinski definition) is 1. The van der Waals surface area contributed by atoms with E-state index in [4.69, 9.17) is 0 Å². The Morgan fingerprint density at radius 2 is 2.12 bits per heavy atom. The molecule has 3 heteroatoms. The molecule has 0 aliphatic heterocycles. The minimum absolute atomic E-state index is 0.630. The topological polar surface area (TPSA) is 28.2 Å². The van der Waals surface area contributed by atoms with Crippen molar-refractivity contribution in [1.82, 2.24) is 4.98 Å². The first kappa shape index (κ1) is 12.2. The van der Waals surface area contributed by atoms with Gasteiger partial charge in [0.2, 0.25) is 0 Å². The highest BCUT2D eigenvalue weighted by Gasteiger charge is 2.18. The van der Waals surface area contributed by atoms with Gasteiger partial charge in [-0.1, -0.05) is 19.8 Å². The fraction of sp³-hybridized carbons (Fsp3) is 0.643. The van der Waals surface area contributed by atoms with Crippen LogP contribution in [0.4, 0.5) is 11.5 Å². The second-order valence-corrected chi connectivity index (χ2v) is 5.41. The van der Waals surface area contributed by atoms with Gasteiger partial charge in [0, 0.05) is 20.1 Å². The normalized spacial score (nSPS) is 24.4. The van der Waals surface area contributed by atoms with Gasteiger partial charge in [0.1, 0.15) is 5.82 Å². The van der Waals surface area contributed by atoms with Crippen LogP contribution in [0, 0.1) is 5.92 Å². The zero-order valence-electron chi connectivity index (χ0n) is 11.1. The van der Waals surface area contributed by atoms with Crippen LogP contribution in [0.1, 0.15) is 32.6 Å². The smallest absolute Gasteiger partial charge is 0.128 e. The molecule has 1 aromatic rings. The molecule has 0 bridgehead atoms. The Morgan fingerprint density at radius 3 is 2.71 bits per heavy atom. The summed E-state index contributed by atoms with van der Waals surface area (Å²) < 4.78 is 0. The molecule has 1 aliphatic carbocycles. The van der Waals surface area contributed by atoms with Crippen molar-refractivity contribution in [2.24, 2.45) is 5.92 Å². The standard InChI is InChI=1S/C14H23N3/c1-11-5-4-6-12(9-11)16-13-7-8-14(15-10-13)17(2)3/h7-8,10-12,16H,4-6,9H2,1-3H3. The van der Waals surface area contributed by atoms with Gasteiger partial charge in [0.05, 0.1) is 11.9 Å². The zero-order valence-corrected chi connectivity index (χ0v) is 11.1. The maximum atomic E-state index is 4.43. The van der Waals surface area contributed by atoms with E-state index >= 15 is 0 Å². The fourth-order valence-corrected chi connectivity index (χ4v) is 2.54. The molecule has 0 radical (unpaired) electrons. The van der Waals surface area contributed by atoms with Crippen LogP contribution in [-0.4, -0.2) is 25.1 Å². The number of pyridine rings is 1. The van der Waals surface area contributed by atoms with Crippen LogP contribution in [0.15, 0.2) is 18.3 Å². The van der Waals surface area contributed by atoms with Crippen molar-refractivity contribution in [1.29, 1.82) is 0 Å². The summed E-state index contributed by atoms with van der Waals surface area (Å²) in [6, 6.07) is 4.82. The number of nitrogens with one attached hydrogen (secondary N) is 1. The Bertz CT molecular complexity index is 345. The van der Waals surface area contributed by atoms with E-state index in [0.717, 1.165) is 17.4 Å². The molecule has 1 aliphatic rings. The van der Waals surface area contributed by atoms with Crippen LogP contribution in [0.25, 0.3) is 0 Å². The Hall–Kier alpha value is -1.25. The van der Waals surface area contributed by atoms with Gasteiger partial charge in [-0.05, 0) is 30.9 Å². The molecule has 2 unspecified atom stereocenters. The van der Waals surface area contributed by atoms with E-state index < -0.39 is 0 Å². The fourth-order valence-electron chi connectivity index (χ4n) is 2.54. The first-order valence-electron chi connectivity index (χ1n) is 6.55. The van der Waals surface area contributed by atoms with Gasteiger partial charge < -0.3 is 10.2 Å². The van der Waals surface area contributed by atoms with Gasteiger partial charge in [-0.15, -0.1) is 0 Å². The molecule has 94 valence electrons. The molecule has 1 fully saturated rings. The zero-order chi connectivity index (χ0) is 12.3. The lowest BCUT2D eigenvalue weighted by molar-refractivity contribution is 0.358. The highest BCUT2D eigenvalue weighted by molar-refractivity contribution is 5.48. The highest BCUT2D eigenvalue weighted by Crippen LogP contribution is 2.26. The summed E-state index contributed by atoms with van der Waals surface area (Å²) >= 11 is 0. The number of nitrogens with zero attached hydrogens (tertiary/aromatic N) is 2. The molecule has 0 saturated heterocycles. The molecule has 17 heavy (non-hydrogen) atoms. The summed E-state index contributed by atoms with van der Waals surface area (Å²) in [6.07, 6.45) is 7.25. The molecule has 1 N–H and O–H groups in total. The molecule has 0 amide bonds. The molecule has 1 saturated carbocycles. The van der Waals surface area contributed by atoms with Crippen molar-refractivity contribution in [3.8, 4) is 0 Å². The quantitative estimate of drug-likeness (QED) is 0.869. The number of rotatable bonds is 3. The Kier molecular flexibility index (Phi) is 3.87. The van der Waals surface area contributed by atoms with E-state index in [1.807, 2.05) is 25.2 Å². The summed E-state index contributed by atoms with van der Waals surface area (Å²) in [6.45, 7) is 2.35. The summed E-state index contributed by atoms with van der Waals surface area (Å²) in [5, 5.41) is 3.60. The molecule has 1 aromatic heterocycles. The molecular weight excluding hydrogens is 210 g/mol.